The van der Waals surface area contributed by atoms with Gasteiger partial charge in [-0.1, -0.05) is 28.1 Å². The third-order valence-electron chi connectivity index (χ3n) is 5.12. The van der Waals surface area contributed by atoms with Gasteiger partial charge in [0.05, 0.1) is 6.54 Å². The molecule has 3 heterocycles. The summed E-state index contributed by atoms with van der Waals surface area (Å²) in [4.78, 5) is 30.9. The predicted molar refractivity (Wildman–Crippen MR) is 119 cm³/mol. The van der Waals surface area contributed by atoms with Gasteiger partial charge >= 0.3 is 6.03 Å². The van der Waals surface area contributed by atoms with Gasteiger partial charge in [0.2, 0.25) is 0 Å². The zero-order valence-corrected chi connectivity index (χ0v) is 18.5. The number of halogens is 1. The summed E-state index contributed by atoms with van der Waals surface area (Å²) in [5, 5.41) is 2.70. The molecule has 6 nitrogen and oxygen atoms in total. The number of aromatic nitrogens is 2. The van der Waals surface area contributed by atoms with E-state index in [0.29, 0.717) is 0 Å². The number of imide groups is 1. The number of amides is 3. The average molecular weight is 465 g/mol. The van der Waals surface area contributed by atoms with Crippen LogP contribution in [-0.4, -0.2) is 26.4 Å². The van der Waals surface area contributed by atoms with Crippen LogP contribution in [0.4, 0.5) is 4.79 Å². The Morgan fingerprint density at radius 2 is 1.80 bits per heavy atom. The Labute approximate surface area is 183 Å². The van der Waals surface area contributed by atoms with Crippen LogP contribution in [0.1, 0.15) is 28.1 Å². The minimum atomic E-state index is -0.414. The summed E-state index contributed by atoms with van der Waals surface area (Å²) >= 11 is 3.39. The van der Waals surface area contributed by atoms with Gasteiger partial charge in [-0.25, -0.2) is 9.78 Å². The maximum Gasteiger partial charge on any atom is 0.329 e. The lowest BCUT2D eigenvalue weighted by molar-refractivity contribution is -0.123. The minimum Gasteiger partial charge on any atom is -0.303 e. The Morgan fingerprint density at radius 3 is 2.50 bits per heavy atom. The number of rotatable bonds is 4. The molecule has 0 radical (unpaired) electrons. The van der Waals surface area contributed by atoms with Crippen LogP contribution in [0.15, 0.2) is 58.8 Å². The molecule has 1 N–H and O–H groups in total. The quantitative estimate of drug-likeness (QED) is 0.451. The topological polar surface area (TPSA) is 67.2 Å². The van der Waals surface area contributed by atoms with Gasteiger partial charge in [0.1, 0.15) is 11.5 Å². The lowest BCUT2D eigenvalue weighted by Crippen LogP contribution is -2.30. The average Bonchev–Trinajstić information content (AvgIpc) is 3.13. The van der Waals surface area contributed by atoms with Crippen molar-refractivity contribution in [3.8, 4) is 5.82 Å². The zero-order valence-electron chi connectivity index (χ0n) is 16.9. The van der Waals surface area contributed by atoms with Crippen molar-refractivity contribution in [2.45, 2.75) is 27.3 Å². The van der Waals surface area contributed by atoms with Gasteiger partial charge in [-0.2, -0.15) is 0 Å². The second-order valence-corrected chi connectivity index (χ2v) is 8.27. The van der Waals surface area contributed by atoms with Crippen LogP contribution in [0, 0.1) is 20.8 Å². The first-order chi connectivity index (χ1) is 14.3. The first-order valence-electron chi connectivity index (χ1n) is 9.54. The Bertz CT molecular complexity index is 1180. The van der Waals surface area contributed by atoms with Crippen LogP contribution in [0.5, 0.6) is 0 Å². The SMILES string of the molecule is Cc1ccnc(-n2c(C)cc(/C=C3\NC(=O)N(Cc4ccc(Br)cc4)C3=O)c2C)c1. The summed E-state index contributed by atoms with van der Waals surface area (Å²) in [5.74, 6) is 0.495. The maximum absolute atomic E-state index is 12.9. The van der Waals surface area contributed by atoms with E-state index in [0.717, 1.165) is 38.4 Å². The fourth-order valence-corrected chi connectivity index (χ4v) is 3.84. The van der Waals surface area contributed by atoms with Crippen molar-refractivity contribution in [3.63, 3.8) is 0 Å². The molecule has 0 spiro atoms. The molecule has 1 saturated heterocycles. The molecule has 0 unspecified atom stereocenters. The first-order valence-corrected chi connectivity index (χ1v) is 10.3. The van der Waals surface area contributed by atoms with E-state index in [9.17, 15) is 9.59 Å². The molecular weight excluding hydrogens is 444 g/mol. The van der Waals surface area contributed by atoms with Gasteiger partial charge in [-0.05, 0) is 73.9 Å². The zero-order chi connectivity index (χ0) is 21.4. The molecule has 3 aromatic rings. The summed E-state index contributed by atoms with van der Waals surface area (Å²) in [6.45, 7) is 6.22. The maximum atomic E-state index is 12.9. The molecule has 1 aliphatic rings. The summed E-state index contributed by atoms with van der Waals surface area (Å²) in [6, 6.07) is 13.1. The summed E-state index contributed by atoms with van der Waals surface area (Å²) < 4.78 is 2.99. The number of aryl methyl sites for hydroxylation is 2. The summed E-state index contributed by atoms with van der Waals surface area (Å²) in [6.07, 6.45) is 3.51. The number of urea groups is 1. The molecule has 1 fully saturated rings. The lowest BCUT2D eigenvalue weighted by Gasteiger charge is -2.11. The molecular formula is C23H21BrN4O2. The molecule has 4 rings (SSSR count). The molecule has 0 atom stereocenters. The number of pyridine rings is 1. The number of carbonyl (C=O) groups is 2. The molecule has 7 heteroatoms. The molecule has 3 amide bonds. The predicted octanol–water partition coefficient (Wildman–Crippen LogP) is 4.65. The van der Waals surface area contributed by atoms with Crippen LogP contribution in [-0.2, 0) is 11.3 Å². The number of nitrogens with one attached hydrogen (secondary N) is 1. The van der Waals surface area contributed by atoms with Gasteiger partial charge in [-0.3, -0.25) is 9.69 Å². The Kier molecular flexibility index (Phi) is 5.30. The lowest BCUT2D eigenvalue weighted by atomic mass is 10.2. The van der Waals surface area contributed by atoms with Crippen molar-refractivity contribution in [2.75, 3.05) is 0 Å². The standard InChI is InChI=1S/C23H21BrN4O2/c1-14-8-9-25-21(10-14)28-15(2)11-18(16(28)3)12-20-22(29)27(23(30)26-20)13-17-4-6-19(24)7-5-17/h4-12H,13H2,1-3H3,(H,26,30)/b20-12-. The molecule has 0 bridgehead atoms. The Hall–Kier alpha value is -3.19. The number of nitrogens with zero attached hydrogens (tertiary/aromatic N) is 3. The number of hydrogen-bond acceptors (Lipinski definition) is 3. The summed E-state index contributed by atoms with van der Waals surface area (Å²) in [5.41, 5.74) is 5.09. The largest absolute Gasteiger partial charge is 0.329 e. The Balaban J connectivity index is 1.62. The highest BCUT2D eigenvalue weighted by Crippen LogP contribution is 2.24. The van der Waals surface area contributed by atoms with E-state index in [-0.39, 0.29) is 18.1 Å². The molecule has 30 heavy (non-hydrogen) atoms. The molecule has 1 aromatic carbocycles. The monoisotopic (exact) mass is 464 g/mol. The van der Waals surface area contributed by atoms with Crippen LogP contribution < -0.4 is 5.32 Å². The van der Waals surface area contributed by atoms with E-state index in [2.05, 4.69) is 26.2 Å². The summed E-state index contributed by atoms with van der Waals surface area (Å²) in [7, 11) is 0. The van der Waals surface area contributed by atoms with E-state index >= 15 is 0 Å². The van der Waals surface area contributed by atoms with Gasteiger partial charge in [-0.15, -0.1) is 0 Å². The fraction of sp³-hybridized carbons (Fsp3) is 0.174. The van der Waals surface area contributed by atoms with Crippen molar-refractivity contribution < 1.29 is 9.59 Å². The highest BCUT2D eigenvalue weighted by atomic mass is 79.9. The third kappa shape index (κ3) is 3.80. The third-order valence-corrected chi connectivity index (χ3v) is 5.65. The van der Waals surface area contributed by atoms with Crippen molar-refractivity contribution in [1.29, 1.82) is 0 Å². The highest BCUT2D eigenvalue weighted by Gasteiger charge is 2.33. The van der Waals surface area contributed by atoms with Crippen molar-refractivity contribution in [3.05, 3.63) is 86.9 Å². The second kappa shape index (κ2) is 7.91. The molecule has 2 aromatic heterocycles. The van der Waals surface area contributed by atoms with Gasteiger partial charge in [0.25, 0.3) is 5.91 Å². The smallest absolute Gasteiger partial charge is 0.303 e. The molecule has 1 aliphatic heterocycles. The second-order valence-electron chi connectivity index (χ2n) is 7.36. The number of carbonyl (C=O) groups excluding carboxylic acids is 2. The minimum absolute atomic E-state index is 0.224. The van der Waals surface area contributed by atoms with Gasteiger partial charge in [0, 0.05) is 22.1 Å². The van der Waals surface area contributed by atoms with Crippen molar-refractivity contribution in [2.24, 2.45) is 0 Å². The molecule has 152 valence electrons. The van der Waals surface area contributed by atoms with Gasteiger partial charge in [0.15, 0.2) is 0 Å². The van der Waals surface area contributed by atoms with Crippen LogP contribution in [0.2, 0.25) is 0 Å². The van der Waals surface area contributed by atoms with E-state index in [4.69, 9.17) is 0 Å². The van der Waals surface area contributed by atoms with Crippen molar-refractivity contribution >= 4 is 33.9 Å². The van der Waals surface area contributed by atoms with E-state index in [1.807, 2.05) is 67.8 Å². The number of benzene rings is 1. The van der Waals surface area contributed by atoms with E-state index in [1.165, 1.54) is 4.90 Å². The molecule has 0 aliphatic carbocycles. The normalized spacial score (nSPS) is 15.2. The van der Waals surface area contributed by atoms with Crippen LogP contribution in [0.3, 0.4) is 0 Å². The van der Waals surface area contributed by atoms with E-state index < -0.39 is 6.03 Å². The molecule has 0 saturated carbocycles. The number of hydrogen-bond donors (Lipinski definition) is 1. The van der Waals surface area contributed by atoms with Gasteiger partial charge < -0.3 is 9.88 Å². The van der Waals surface area contributed by atoms with Crippen LogP contribution >= 0.6 is 15.9 Å². The fourth-order valence-electron chi connectivity index (χ4n) is 3.57. The van der Waals surface area contributed by atoms with E-state index in [1.54, 1.807) is 12.3 Å². The van der Waals surface area contributed by atoms with Crippen LogP contribution in [0.25, 0.3) is 11.9 Å². The van der Waals surface area contributed by atoms with Crippen molar-refractivity contribution in [1.82, 2.24) is 19.8 Å². The Morgan fingerprint density at radius 1 is 1.07 bits per heavy atom. The highest BCUT2D eigenvalue weighted by molar-refractivity contribution is 9.10. The first kappa shape index (κ1) is 20.1.